The molecule has 0 bridgehead atoms. The highest BCUT2D eigenvalue weighted by Crippen LogP contribution is 2.32. The van der Waals surface area contributed by atoms with E-state index in [0.717, 1.165) is 27.9 Å². The smallest absolute Gasteiger partial charge is 0.221 e. The molecule has 0 saturated heterocycles. The summed E-state index contributed by atoms with van der Waals surface area (Å²) in [6, 6.07) is 17.9. The molecule has 0 saturated carbocycles. The van der Waals surface area contributed by atoms with Gasteiger partial charge >= 0.3 is 0 Å². The SMILES string of the molecule is COc1ccc(Cc2cnc(N)nc2N)cc1OCCCNc1ccc(S(=O)[O-])cc1-c1ccc(N)cc1. The first-order valence-corrected chi connectivity index (χ1v) is 12.9. The number of rotatable bonds is 11. The summed E-state index contributed by atoms with van der Waals surface area (Å²) in [5, 5.41) is 3.38. The van der Waals surface area contributed by atoms with Crippen molar-refractivity contribution in [1.29, 1.82) is 0 Å². The van der Waals surface area contributed by atoms with E-state index in [-0.39, 0.29) is 10.8 Å². The number of benzene rings is 3. The minimum absolute atomic E-state index is 0.135. The number of nitrogens with zero attached hydrogens (tertiary/aromatic N) is 2. The fourth-order valence-corrected chi connectivity index (χ4v) is 4.29. The molecule has 0 amide bonds. The van der Waals surface area contributed by atoms with Gasteiger partial charge in [0.1, 0.15) is 5.82 Å². The van der Waals surface area contributed by atoms with Crippen LogP contribution in [0.4, 0.5) is 23.1 Å². The number of anilines is 4. The molecule has 1 unspecified atom stereocenters. The molecule has 1 atom stereocenters. The number of aromatic nitrogens is 2. The third-order valence-corrected chi connectivity index (χ3v) is 6.48. The highest BCUT2D eigenvalue weighted by atomic mass is 32.2. The summed E-state index contributed by atoms with van der Waals surface area (Å²) < 4.78 is 34.5. The number of hydrogen-bond acceptors (Lipinski definition) is 10. The fraction of sp³-hybridized carbons (Fsp3) is 0.185. The third kappa shape index (κ3) is 6.69. The first-order valence-electron chi connectivity index (χ1n) is 11.8. The standard InChI is InChI=1S/C27H30N6O4S/c1-36-24-10-3-17(13-19-16-32-27(30)33-26(19)29)14-25(24)37-12-2-11-31-23-9-8-21(38(34)35)15-22(23)18-4-6-20(28)7-5-18/h3-10,14-16,31H,2,11-13,28H2,1H3,(H,34,35)(H4,29,30,32,33)/p-1. The molecule has 4 rings (SSSR count). The highest BCUT2D eigenvalue weighted by molar-refractivity contribution is 7.79. The van der Waals surface area contributed by atoms with Crippen LogP contribution in [0, 0.1) is 0 Å². The van der Waals surface area contributed by atoms with Gasteiger partial charge in [-0.15, -0.1) is 0 Å². The molecule has 0 aliphatic rings. The van der Waals surface area contributed by atoms with Gasteiger partial charge in [-0.05, 0) is 71.1 Å². The van der Waals surface area contributed by atoms with Gasteiger partial charge in [-0.25, -0.2) is 4.98 Å². The summed E-state index contributed by atoms with van der Waals surface area (Å²) in [6.07, 6.45) is 2.82. The summed E-state index contributed by atoms with van der Waals surface area (Å²) >= 11 is -2.33. The van der Waals surface area contributed by atoms with Crippen LogP contribution in [0.3, 0.4) is 0 Å². The van der Waals surface area contributed by atoms with Gasteiger partial charge in [-0.3, -0.25) is 4.21 Å². The predicted octanol–water partition coefficient (Wildman–Crippen LogP) is 3.61. The minimum atomic E-state index is -2.33. The fourth-order valence-electron chi connectivity index (χ4n) is 3.89. The lowest BCUT2D eigenvalue weighted by molar-refractivity contribution is 0.292. The Labute approximate surface area is 223 Å². The number of nitrogen functional groups attached to an aromatic ring is 3. The average Bonchev–Trinajstić information content (AvgIpc) is 2.90. The van der Waals surface area contributed by atoms with Crippen molar-refractivity contribution >= 4 is 34.2 Å². The Hall–Kier alpha value is -4.35. The second-order valence-corrected chi connectivity index (χ2v) is 9.43. The van der Waals surface area contributed by atoms with Crippen LogP contribution in [0.5, 0.6) is 11.5 Å². The van der Waals surface area contributed by atoms with Gasteiger partial charge < -0.3 is 36.5 Å². The normalized spacial score (nSPS) is 11.6. The molecule has 11 heteroatoms. The molecule has 7 N–H and O–H groups in total. The summed E-state index contributed by atoms with van der Waals surface area (Å²) in [4.78, 5) is 8.24. The molecule has 0 fully saturated rings. The minimum Gasteiger partial charge on any atom is -0.768 e. The molecular formula is C27H29N6O4S-. The molecule has 0 aliphatic carbocycles. The number of ether oxygens (including phenoxy) is 2. The van der Waals surface area contributed by atoms with E-state index in [2.05, 4.69) is 15.3 Å². The number of nitrogens with two attached hydrogens (primary N) is 3. The zero-order valence-electron chi connectivity index (χ0n) is 20.8. The van der Waals surface area contributed by atoms with Gasteiger partial charge in [0.25, 0.3) is 0 Å². The van der Waals surface area contributed by atoms with E-state index in [1.807, 2.05) is 30.3 Å². The van der Waals surface area contributed by atoms with E-state index in [1.165, 1.54) is 0 Å². The summed E-state index contributed by atoms with van der Waals surface area (Å²) in [5.74, 6) is 1.71. The molecule has 0 spiro atoms. The Morgan fingerprint density at radius 1 is 1.00 bits per heavy atom. The monoisotopic (exact) mass is 533 g/mol. The van der Waals surface area contributed by atoms with Crippen molar-refractivity contribution in [2.45, 2.75) is 17.7 Å². The van der Waals surface area contributed by atoms with Crippen molar-refractivity contribution in [1.82, 2.24) is 9.97 Å². The topological polar surface area (TPSA) is 174 Å². The first-order chi connectivity index (χ1) is 18.3. The summed E-state index contributed by atoms with van der Waals surface area (Å²) in [7, 11) is 1.59. The molecule has 1 aromatic heterocycles. The van der Waals surface area contributed by atoms with Crippen LogP contribution in [0.25, 0.3) is 11.1 Å². The maximum atomic E-state index is 11.5. The molecule has 198 valence electrons. The van der Waals surface area contributed by atoms with Crippen molar-refractivity contribution in [3.8, 4) is 22.6 Å². The van der Waals surface area contributed by atoms with Crippen molar-refractivity contribution in [3.05, 3.63) is 78.0 Å². The van der Waals surface area contributed by atoms with Gasteiger partial charge in [0, 0.05) is 46.6 Å². The Balaban J connectivity index is 1.39. The van der Waals surface area contributed by atoms with Gasteiger partial charge in [-0.1, -0.05) is 18.2 Å². The van der Waals surface area contributed by atoms with Crippen molar-refractivity contribution in [2.75, 3.05) is 42.8 Å². The van der Waals surface area contributed by atoms with Crippen LogP contribution >= 0.6 is 0 Å². The van der Waals surface area contributed by atoms with Gasteiger partial charge in [0.05, 0.1) is 13.7 Å². The van der Waals surface area contributed by atoms with E-state index in [1.54, 1.807) is 43.6 Å². The van der Waals surface area contributed by atoms with Crippen molar-refractivity contribution < 1.29 is 18.2 Å². The number of nitrogens with one attached hydrogen (secondary N) is 1. The second kappa shape index (κ2) is 12.3. The zero-order chi connectivity index (χ0) is 27.1. The van der Waals surface area contributed by atoms with Crippen LogP contribution in [-0.4, -0.2) is 39.0 Å². The van der Waals surface area contributed by atoms with Crippen LogP contribution in [0.15, 0.2) is 71.8 Å². The molecule has 1 heterocycles. The highest BCUT2D eigenvalue weighted by Gasteiger charge is 2.10. The summed E-state index contributed by atoms with van der Waals surface area (Å²) in [6.45, 7) is 1.03. The molecule has 4 aromatic rings. The third-order valence-electron chi connectivity index (χ3n) is 5.84. The Morgan fingerprint density at radius 3 is 2.50 bits per heavy atom. The quantitative estimate of drug-likeness (QED) is 0.127. The second-order valence-electron chi connectivity index (χ2n) is 8.49. The summed E-state index contributed by atoms with van der Waals surface area (Å²) in [5.41, 5.74) is 22.2. The Morgan fingerprint density at radius 2 is 1.79 bits per heavy atom. The lowest BCUT2D eigenvalue weighted by Crippen LogP contribution is -2.09. The molecular weight excluding hydrogens is 504 g/mol. The molecule has 3 aromatic carbocycles. The van der Waals surface area contributed by atoms with Crippen LogP contribution < -0.4 is 32.0 Å². The largest absolute Gasteiger partial charge is 0.768 e. The Kier molecular flexibility index (Phi) is 8.62. The molecule has 0 radical (unpaired) electrons. The van der Waals surface area contributed by atoms with E-state index >= 15 is 0 Å². The van der Waals surface area contributed by atoms with E-state index in [9.17, 15) is 8.76 Å². The Bertz CT molecular complexity index is 1430. The van der Waals surface area contributed by atoms with Gasteiger partial charge in [0.15, 0.2) is 11.5 Å². The van der Waals surface area contributed by atoms with Crippen LogP contribution in [0.2, 0.25) is 0 Å². The van der Waals surface area contributed by atoms with E-state index in [4.69, 9.17) is 26.7 Å². The lowest BCUT2D eigenvalue weighted by atomic mass is 10.0. The van der Waals surface area contributed by atoms with Crippen molar-refractivity contribution in [3.63, 3.8) is 0 Å². The van der Waals surface area contributed by atoms with Crippen LogP contribution in [-0.2, 0) is 17.5 Å². The van der Waals surface area contributed by atoms with Gasteiger partial charge in [-0.2, -0.15) is 4.98 Å². The van der Waals surface area contributed by atoms with E-state index < -0.39 is 11.1 Å². The van der Waals surface area contributed by atoms with Gasteiger partial charge in [0.2, 0.25) is 5.95 Å². The molecule has 0 aliphatic heterocycles. The lowest BCUT2D eigenvalue weighted by Gasteiger charge is -2.16. The average molecular weight is 534 g/mol. The number of hydrogen-bond donors (Lipinski definition) is 4. The van der Waals surface area contributed by atoms with Crippen LogP contribution in [0.1, 0.15) is 17.5 Å². The van der Waals surface area contributed by atoms with E-state index in [0.29, 0.717) is 49.0 Å². The predicted molar refractivity (Wildman–Crippen MR) is 149 cm³/mol. The molecule has 10 nitrogen and oxygen atoms in total. The zero-order valence-corrected chi connectivity index (χ0v) is 21.7. The maximum absolute atomic E-state index is 11.5. The molecule has 38 heavy (non-hydrogen) atoms. The number of methoxy groups -OCH3 is 1. The maximum Gasteiger partial charge on any atom is 0.221 e. The first kappa shape index (κ1) is 26.7. The van der Waals surface area contributed by atoms with Crippen molar-refractivity contribution in [2.24, 2.45) is 0 Å².